The molecule has 1 unspecified atom stereocenters. The number of hydrogen-bond acceptors (Lipinski definition) is 4. The van der Waals surface area contributed by atoms with Crippen LogP contribution in [0.15, 0.2) is 40.9 Å². The Labute approximate surface area is 184 Å². The summed E-state index contributed by atoms with van der Waals surface area (Å²) in [5.41, 5.74) is -2.15. The van der Waals surface area contributed by atoms with E-state index in [-0.39, 0.29) is 23.2 Å². The van der Waals surface area contributed by atoms with Crippen molar-refractivity contribution in [2.24, 2.45) is 0 Å². The van der Waals surface area contributed by atoms with E-state index in [1.54, 1.807) is 13.0 Å². The zero-order chi connectivity index (χ0) is 22.5. The van der Waals surface area contributed by atoms with E-state index in [0.29, 0.717) is 10.9 Å². The van der Waals surface area contributed by atoms with E-state index in [1.807, 2.05) is 0 Å². The number of rotatable bonds is 4. The molecule has 0 aromatic heterocycles. The quantitative estimate of drug-likeness (QED) is 0.486. The van der Waals surface area contributed by atoms with Crippen LogP contribution in [0.2, 0.25) is 0 Å². The van der Waals surface area contributed by atoms with Gasteiger partial charge in [-0.1, -0.05) is 28.9 Å². The minimum atomic E-state index is -2.04. The Morgan fingerprint density at radius 3 is 2.39 bits per heavy atom. The fourth-order valence-electron chi connectivity index (χ4n) is 4.17. The molecule has 1 atom stereocenters. The second-order valence-electron chi connectivity index (χ2n) is 7.55. The number of likely N-dealkylation sites (tertiary alicyclic amines) is 1. The van der Waals surface area contributed by atoms with Crippen molar-refractivity contribution in [3.63, 3.8) is 0 Å². The summed E-state index contributed by atoms with van der Waals surface area (Å²) in [7, 11) is 0. The molecule has 0 aliphatic carbocycles. The molecule has 2 heterocycles. The Bertz CT molecular complexity index is 1150. The Kier molecular flexibility index (Phi) is 5.25. The van der Waals surface area contributed by atoms with Crippen LogP contribution in [0.3, 0.4) is 0 Å². The molecule has 6 nitrogen and oxygen atoms in total. The number of benzene rings is 2. The van der Waals surface area contributed by atoms with Gasteiger partial charge in [-0.05, 0) is 42.3 Å². The van der Waals surface area contributed by atoms with E-state index in [2.05, 4.69) is 15.9 Å². The van der Waals surface area contributed by atoms with Crippen molar-refractivity contribution in [2.75, 3.05) is 6.54 Å². The summed E-state index contributed by atoms with van der Waals surface area (Å²) in [5.74, 6) is -4.46. The number of hydrogen-bond donors (Lipinski definition) is 0. The molecular formula is C22H17BrF2N2O4. The number of halogens is 3. The van der Waals surface area contributed by atoms with Crippen LogP contribution < -0.4 is 0 Å². The summed E-state index contributed by atoms with van der Waals surface area (Å²) in [6, 6.07) is 7.36. The first-order valence-electron chi connectivity index (χ1n) is 9.65. The average molecular weight is 491 g/mol. The van der Waals surface area contributed by atoms with Gasteiger partial charge in [0.05, 0.1) is 13.0 Å². The van der Waals surface area contributed by atoms with Crippen molar-refractivity contribution in [2.45, 2.75) is 31.7 Å². The predicted molar refractivity (Wildman–Crippen MR) is 109 cm³/mol. The molecule has 1 fully saturated rings. The van der Waals surface area contributed by atoms with Crippen LogP contribution in [-0.4, -0.2) is 40.0 Å². The van der Waals surface area contributed by atoms with Crippen LogP contribution in [0.4, 0.5) is 8.78 Å². The van der Waals surface area contributed by atoms with Crippen molar-refractivity contribution in [1.29, 1.82) is 0 Å². The first kappa shape index (κ1) is 21.3. The van der Waals surface area contributed by atoms with Crippen LogP contribution >= 0.6 is 15.9 Å². The smallest absolute Gasteiger partial charge is 0.261 e. The highest BCUT2D eigenvalue weighted by molar-refractivity contribution is 9.10. The first-order valence-corrected chi connectivity index (χ1v) is 10.4. The maximum Gasteiger partial charge on any atom is 0.261 e. The lowest BCUT2D eigenvalue weighted by molar-refractivity contribution is -0.146. The topological polar surface area (TPSA) is 74.8 Å². The molecule has 160 valence electrons. The summed E-state index contributed by atoms with van der Waals surface area (Å²) in [4.78, 5) is 54.4. The normalized spacial score (nSPS) is 20.8. The van der Waals surface area contributed by atoms with Crippen molar-refractivity contribution in [1.82, 2.24) is 9.80 Å². The van der Waals surface area contributed by atoms with Gasteiger partial charge in [-0.25, -0.2) is 8.78 Å². The number of amides is 4. The second-order valence-corrected chi connectivity index (χ2v) is 8.47. The van der Waals surface area contributed by atoms with Gasteiger partial charge in [-0.15, -0.1) is 0 Å². The molecule has 2 aromatic carbocycles. The van der Waals surface area contributed by atoms with E-state index in [1.165, 1.54) is 18.2 Å². The van der Waals surface area contributed by atoms with Crippen LogP contribution in [-0.2, 0) is 26.3 Å². The molecule has 9 heteroatoms. The van der Waals surface area contributed by atoms with Gasteiger partial charge in [0.25, 0.3) is 11.8 Å². The average Bonchev–Trinajstić information content (AvgIpc) is 2.97. The standard InChI is InChI=1S/C22H17BrF2N2O4/c1-2-7-26-18(28)10-22(20(26)30)16-9-14(24)5-6-15(16)19(29)27(21(22)31)11-12-3-4-13(23)8-17(12)25/h3-6,8-9H,2,7,10-11H2,1H3. The fourth-order valence-corrected chi connectivity index (χ4v) is 4.51. The molecule has 0 saturated carbocycles. The lowest BCUT2D eigenvalue weighted by Crippen LogP contribution is -2.57. The molecule has 0 radical (unpaired) electrons. The second kappa shape index (κ2) is 7.64. The van der Waals surface area contributed by atoms with Crippen molar-refractivity contribution in [3.8, 4) is 0 Å². The van der Waals surface area contributed by atoms with Gasteiger partial charge in [-0.2, -0.15) is 0 Å². The molecule has 31 heavy (non-hydrogen) atoms. The van der Waals surface area contributed by atoms with Gasteiger partial charge in [0.15, 0.2) is 5.41 Å². The molecule has 2 aliphatic rings. The van der Waals surface area contributed by atoms with Crippen molar-refractivity contribution in [3.05, 3.63) is 69.2 Å². The Morgan fingerprint density at radius 2 is 1.71 bits per heavy atom. The maximum absolute atomic E-state index is 14.4. The monoisotopic (exact) mass is 490 g/mol. The molecule has 4 amide bonds. The zero-order valence-electron chi connectivity index (χ0n) is 16.5. The highest BCUT2D eigenvalue weighted by atomic mass is 79.9. The highest BCUT2D eigenvalue weighted by Crippen LogP contribution is 2.44. The summed E-state index contributed by atoms with van der Waals surface area (Å²) in [5, 5.41) is 0. The largest absolute Gasteiger partial charge is 0.281 e. The van der Waals surface area contributed by atoms with E-state index >= 15 is 0 Å². The Hall–Kier alpha value is -2.94. The van der Waals surface area contributed by atoms with Gasteiger partial charge < -0.3 is 0 Å². The van der Waals surface area contributed by atoms with Crippen molar-refractivity contribution >= 4 is 39.6 Å². The number of carbonyl (C=O) groups is 4. The molecule has 2 aromatic rings. The highest BCUT2D eigenvalue weighted by Gasteiger charge is 2.63. The SMILES string of the molecule is CCCN1C(=O)CC2(C1=O)C(=O)N(Cc1ccc(Br)cc1F)C(=O)c1ccc(F)cc12. The summed E-state index contributed by atoms with van der Waals surface area (Å²) >= 11 is 3.15. The Balaban J connectivity index is 1.87. The van der Waals surface area contributed by atoms with Crippen LogP contribution in [0.5, 0.6) is 0 Å². The van der Waals surface area contributed by atoms with Crippen molar-refractivity contribution < 1.29 is 28.0 Å². The number of nitrogens with zero attached hydrogens (tertiary/aromatic N) is 2. The third-order valence-corrected chi connectivity index (χ3v) is 6.14. The minimum Gasteiger partial charge on any atom is -0.281 e. The number of carbonyl (C=O) groups excluding carboxylic acids is 4. The van der Waals surface area contributed by atoms with E-state index in [4.69, 9.17) is 0 Å². The van der Waals surface area contributed by atoms with E-state index in [9.17, 15) is 28.0 Å². The molecule has 0 N–H and O–H groups in total. The third-order valence-electron chi connectivity index (χ3n) is 5.65. The molecule has 4 rings (SSSR count). The van der Waals surface area contributed by atoms with Crippen LogP contribution in [0.25, 0.3) is 0 Å². The first-order chi connectivity index (χ1) is 14.7. The Morgan fingerprint density at radius 1 is 1.00 bits per heavy atom. The third kappa shape index (κ3) is 3.18. The van der Waals surface area contributed by atoms with Gasteiger partial charge in [0, 0.05) is 22.1 Å². The fraction of sp³-hybridized carbons (Fsp3) is 0.273. The molecular weight excluding hydrogens is 474 g/mol. The number of imide groups is 2. The molecule has 1 spiro atoms. The van der Waals surface area contributed by atoms with Gasteiger partial charge in [0.2, 0.25) is 11.8 Å². The number of fused-ring (bicyclic) bond motifs is 2. The maximum atomic E-state index is 14.4. The predicted octanol–water partition coefficient (Wildman–Crippen LogP) is 3.32. The summed E-state index contributed by atoms with van der Waals surface area (Å²) < 4.78 is 29.0. The lowest BCUT2D eigenvalue weighted by atomic mass is 9.72. The van der Waals surface area contributed by atoms with Gasteiger partial charge in [0.1, 0.15) is 11.6 Å². The lowest BCUT2D eigenvalue weighted by Gasteiger charge is -2.37. The van der Waals surface area contributed by atoms with Gasteiger partial charge >= 0.3 is 0 Å². The van der Waals surface area contributed by atoms with E-state index in [0.717, 1.165) is 21.9 Å². The summed E-state index contributed by atoms with van der Waals surface area (Å²) in [6.45, 7) is 1.45. The minimum absolute atomic E-state index is 0.0574. The van der Waals surface area contributed by atoms with Crippen LogP contribution in [0.1, 0.15) is 41.3 Å². The zero-order valence-corrected chi connectivity index (χ0v) is 18.0. The van der Waals surface area contributed by atoms with Crippen LogP contribution in [0, 0.1) is 11.6 Å². The van der Waals surface area contributed by atoms with Gasteiger partial charge in [-0.3, -0.25) is 29.0 Å². The summed E-state index contributed by atoms with van der Waals surface area (Å²) in [6.07, 6.45) is -0.0295. The molecule has 0 bridgehead atoms. The van der Waals surface area contributed by atoms with E-state index < -0.39 is 53.6 Å². The molecule has 2 aliphatic heterocycles. The molecule has 1 saturated heterocycles.